The summed E-state index contributed by atoms with van der Waals surface area (Å²) in [6.45, 7) is 5.84. The standard InChI is InChI=1S/C27H35N3O3/c1-3-32-20-24(31)18-30(17-22-14-15-22)19-25-26(23-12-8-5-9-13-23)28-33-27(25)29(2)16-21-10-6-4-7-11-21/h4-13,22,24,31H,3,14-20H2,1-2H3/t24-/m0/s1. The summed E-state index contributed by atoms with van der Waals surface area (Å²) in [5, 5.41) is 15.1. The van der Waals surface area contributed by atoms with Gasteiger partial charge in [-0.1, -0.05) is 65.8 Å². The van der Waals surface area contributed by atoms with Gasteiger partial charge >= 0.3 is 0 Å². The maximum Gasteiger partial charge on any atom is 0.232 e. The number of hydrogen-bond donors (Lipinski definition) is 1. The molecule has 1 N–H and O–H groups in total. The summed E-state index contributed by atoms with van der Waals surface area (Å²) in [5.74, 6) is 1.48. The average molecular weight is 450 g/mol. The molecule has 1 heterocycles. The Balaban J connectivity index is 1.60. The number of rotatable bonds is 13. The minimum atomic E-state index is -0.519. The molecule has 176 valence electrons. The molecule has 0 unspecified atom stereocenters. The van der Waals surface area contributed by atoms with Crippen LogP contribution in [0.2, 0.25) is 0 Å². The molecule has 0 bridgehead atoms. The van der Waals surface area contributed by atoms with Crippen molar-refractivity contribution in [3.8, 4) is 11.3 Å². The second kappa shape index (κ2) is 11.5. The number of aromatic nitrogens is 1. The number of anilines is 1. The van der Waals surface area contributed by atoms with Gasteiger partial charge in [-0.3, -0.25) is 4.90 Å². The lowest BCUT2D eigenvalue weighted by atomic mass is 10.1. The number of benzene rings is 2. The maximum absolute atomic E-state index is 10.6. The molecule has 1 atom stereocenters. The van der Waals surface area contributed by atoms with Gasteiger partial charge in [-0.05, 0) is 31.2 Å². The highest BCUT2D eigenvalue weighted by atomic mass is 16.5. The number of nitrogens with zero attached hydrogens (tertiary/aromatic N) is 3. The Morgan fingerprint density at radius 1 is 1.06 bits per heavy atom. The van der Waals surface area contributed by atoms with Crippen LogP contribution in [0.3, 0.4) is 0 Å². The fourth-order valence-corrected chi connectivity index (χ4v) is 4.19. The topological polar surface area (TPSA) is 62.0 Å². The lowest BCUT2D eigenvalue weighted by molar-refractivity contribution is 0.0187. The second-order valence-electron chi connectivity index (χ2n) is 8.97. The second-order valence-corrected chi connectivity index (χ2v) is 8.97. The predicted octanol–water partition coefficient (Wildman–Crippen LogP) is 4.59. The van der Waals surface area contributed by atoms with Crippen LogP contribution in [0.1, 0.15) is 30.9 Å². The first-order valence-corrected chi connectivity index (χ1v) is 11.9. The zero-order valence-corrected chi connectivity index (χ0v) is 19.7. The third-order valence-electron chi connectivity index (χ3n) is 6.00. The van der Waals surface area contributed by atoms with Gasteiger partial charge in [0, 0.05) is 45.4 Å². The summed E-state index contributed by atoms with van der Waals surface area (Å²) in [4.78, 5) is 4.45. The largest absolute Gasteiger partial charge is 0.389 e. The molecule has 0 radical (unpaired) electrons. The molecule has 6 nitrogen and oxygen atoms in total. The van der Waals surface area contributed by atoms with Gasteiger partial charge in [-0.15, -0.1) is 0 Å². The number of aliphatic hydroxyl groups excluding tert-OH is 1. The molecule has 1 aliphatic carbocycles. The van der Waals surface area contributed by atoms with E-state index >= 15 is 0 Å². The monoisotopic (exact) mass is 449 g/mol. The summed E-state index contributed by atoms with van der Waals surface area (Å²) >= 11 is 0. The van der Waals surface area contributed by atoms with Crippen LogP contribution in [-0.4, -0.2) is 54.6 Å². The van der Waals surface area contributed by atoms with Gasteiger partial charge in [0.15, 0.2) is 0 Å². The van der Waals surface area contributed by atoms with Crippen LogP contribution in [0, 0.1) is 5.92 Å². The van der Waals surface area contributed by atoms with E-state index in [2.05, 4.69) is 51.4 Å². The SMILES string of the molecule is CCOC[C@@H](O)CN(Cc1c(-c2ccccc2)noc1N(C)Cc1ccccc1)CC1CC1. The molecule has 3 aromatic rings. The summed E-state index contributed by atoms with van der Waals surface area (Å²) in [6, 6.07) is 20.6. The van der Waals surface area contributed by atoms with Gasteiger partial charge < -0.3 is 19.3 Å². The van der Waals surface area contributed by atoms with Crippen LogP contribution < -0.4 is 4.90 Å². The van der Waals surface area contributed by atoms with E-state index in [0.29, 0.717) is 32.2 Å². The van der Waals surface area contributed by atoms with Crippen molar-refractivity contribution in [2.24, 2.45) is 5.92 Å². The predicted molar refractivity (Wildman–Crippen MR) is 131 cm³/mol. The molecule has 1 fully saturated rings. The fourth-order valence-electron chi connectivity index (χ4n) is 4.19. The Labute approximate surface area is 196 Å². The molecule has 1 aliphatic rings. The Hall–Kier alpha value is -2.67. The molecular formula is C27H35N3O3. The molecule has 0 amide bonds. The van der Waals surface area contributed by atoms with Crippen molar-refractivity contribution in [3.05, 3.63) is 71.8 Å². The molecule has 0 aliphatic heterocycles. The average Bonchev–Trinajstić information content (AvgIpc) is 3.55. The fraction of sp³-hybridized carbons (Fsp3) is 0.444. The van der Waals surface area contributed by atoms with Crippen molar-refractivity contribution in [3.63, 3.8) is 0 Å². The van der Waals surface area contributed by atoms with E-state index in [1.165, 1.54) is 18.4 Å². The van der Waals surface area contributed by atoms with Crippen molar-refractivity contribution in [1.82, 2.24) is 10.1 Å². The normalized spacial score (nSPS) is 14.5. The van der Waals surface area contributed by atoms with E-state index < -0.39 is 6.10 Å². The van der Waals surface area contributed by atoms with Crippen LogP contribution >= 0.6 is 0 Å². The summed E-state index contributed by atoms with van der Waals surface area (Å²) < 4.78 is 11.4. The minimum absolute atomic E-state index is 0.355. The molecule has 1 saturated carbocycles. The molecule has 1 aromatic heterocycles. The van der Waals surface area contributed by atoms with E-state index in [0.717, 1.165) is 35.8 Å². The Bertz CT molecular complexity index is 973. The van der Waals surface area contributed by atoms with E-state index in [9.17, 15) is 5.11 Å². The number of hydrogen-bond acceptors (Lipinski definition) is 6. The van der Waals surface area contributed by atoms with Crippen LogP contribution in [0.25, 0.3) is 11.3 Å². The first kappa shape index (κ1) is 23.5. The zero-order chi connectivity index (χ0) is 23.0. The van der Waals surface area contributed by atoms with Crippen LogP contribution in [0.4, 0.5) is 5.88 Å². The molecule has 2 aromatic carbocycles. The van der Waals surface area contributed by atoms with Crippen LogP contribution in [0.15, 0.2) is 65.2 Å². The molecular weight excluding hydrogens is 414 g/mol. The molecule has 33 heavy (non-hydrogen) atoms. The van der Waals surface area contributed by atoms with Gasteiger partial charge in [-0.25, -0.2) is 0 Å². The highest BCUT2D eigenvalue weighted by Gasteiger charge is 2.29. The summed E-state index contributed by atoms with van der Waals surface area (Å²) in [5.41, 5.74) is 4.18. The quantitative estimate of drug-likeness (QED) is 0.412. The van der Waals surface area contributed by atoms with Gasteiger partial charge in [0.25, 0.3) is 0 Å². The van der Waals surface area contributed by atoms with E-state index in [-0.39, 0.29) is 0 Å². The van der Waals surface area contributed by atoms with Crippen molar-refractivity contribution in [2.45, 2.75) is 39.0 Å². The van der Waals surface area contributed by atoms with E-state index in [1.807, 2.05) is 38.2 Å². The lowest BCUT2D eigenvalue weighted by Gasteiger charge is -2.26. The van der Waals surface area contributed by atoms with Crippen LogP contribution in [0.5, 0.6) is 0 Å². The highest BCUT2D eigenvalue weighted by Crippen LogP contribution is 2.35. The Kier molecular flexibility index (Phi) is 8.15. The lowest BCUT2D eigenvalue weighted by Crippen LogP contribution is -2.36. The van der Waals surface area contributed by atoms with Crippen molar-refractivity contribution >= 4 is 5.88 Å². The van der Waals surface area contributed by atoms with Crippen molar-refractivity contribution in [1.29, 1.82) is 0 Å². The zero-order valence-electron chi connectivity index (χ0n) is 19.7. The summed E-state index contributed by atoms with van der Waals surface area (Å²) in [6.07, 6.45) is 2.00. The van der Waals surface area contributed by atoms with Crippen molar-refractivity contribution in [2.75, 3.05) is 38.3 Å². The van der Waals surface area contributed by atoms with E-state index in [4.69, 9.17) is 9.26 Å². The van der Waals surface area contributed by atoms with Gasteiger partial charge in [0.1, 0.15) is 5.69 Å². The highest BCUT2D eigenvalue weighted by molar-refractivity contribution is 5.68. The molecule has 6 heteroatoms. The first-order valence-electron chi connectivity index (χ1n) is 11.9. The third kappa shape index (κ3) is 6.67. The number of ether oxygens (including phenoxy) is 1. The molecule has 0 saturated heterocycles. The first-order chi connectivity index (χ1) is 16.1. The molecule has 4 rings (SSSR count). The van der Waals surface area contributed by atoms with Gasteiger partial charge in [-0.2, -0.15) is 0 Å². The maximum atomic E-state index is 10.6. The smallest absolute Gasteiger partial charge is 0.232 e. The Morgan fingerprint density at radius 2 is 1.76 bits per heavy atom. The third-order valence-corrected chi connectivity index (χ3v) is 6.00. The Morgan fingerprint density at radius 3 is 2.42 bits per heavy atom. The summed E-state index contributed by atoms with van der Waals surface area (Å²) in [7, 11) is 2.04. The minimum Gasteiger partial charge on any atom is -0.389 e. The van der Waals surface area contributed by atoms with Gasteiger partial charge in [0.2, 0.25) is 5.88 Å². The van der Waals surface area contributed by atoms with Crippen molar-refractivity contribution < 1.29 is 14.4 Å². The van der Waals surface area contributed by atoms with Crippen LogP contribution in [-0.2, 0) is 17.8 Å². The number of aliphatic hydroxyl groups is 1. The van der Waals surface area contributed by atoms with Gasteiger partial charge in [0.05, 0.1) is 18.3 Å². The van der Waals surface area contributed by atoms with E-state index in [1.54, 1.807) is 0 Å². The molecule has 0 spiro atoms.